The van der Waals surface area contributed by atoms with E-state index in [-0.39, 0.29) is 5.97 Å². The van der Waals surface area contributed by atoms with Crippen molar-refractivity contribution in [1.82, 2.24) is 20.3 Å². The first-order valence-corrected chi connectivity index (χ1v) is 5.52. The Balaban J connectivity index is 3.15. The van der Waals surface area contributed by atoms with Gasteiger partial charge in [0.05, 0.1) is 18.5 Å². The average Bonchev–Trinajstić information content (AvgIpc) is 2.53. The van der Waals surface area contributed by atoms with Crippen molar-refractivity contribution in [1.29, 1.82) is 0 Å². The van der Waals surface area contributed by atoms with E-state index in [0.717, 1.165) is 0 Å². The molecule has 1 aliphatic rings. The third kappa shape index (κ3) is 3.07. The third-order valence-electron chi connectivity index (χ3n) is 2.36. The molecule has 7 nitrogen and oxygen atoms in total. The summed E-state index contributed by atoms with van der Waals surface area (Å²) in [5, 5.41) is 1.33. The standard InChI is InChI=1S/C11H21N5O2/c1-14(2)6-8-10(11(17)18-5)9(7-15(3)4)16(12)13-8/h6-7,10,13H,12H2,1-5H3. The molecule has 0 aromatic carbocycles. The lowest BCUT2D eigenvalue weighted by Crippen LogP contribution is -2.36. The van der Waals surface area contributed by atoms with Crippen molar-refractivity contribution < 1.29 is 9.53 Å². The van der Waals surface area contributed by atoms with E-state index in [1.807, 2.05) is 38.0 Å². The Morgan fingerprint density at radius 2 is 1.89 bits per heavy atom. The molecule has 0 aliphatic carbocycles. The molecule has 1 fully saturated rings. The summed E-state index contributed by atoms with van der Waals surface area (Å²) in [5.41, 5.74) is 4.26. The molecule has 0 radical (unpaired) electrons. The Morgan fingerprint density at radius 3 is 2.33 bits per heavy atom. The van der Waals surface area contributed by atoms with Gasteiger partial charge in [0.2, 0.25) is 0 Å². The van der Waals surface area contributed by atoms with Gasteiger partial charge >= 0.3 is 5.97 Å². The van der Waals surface area contributed by atoms with E-state index in [1.165, 1.54) is 12.2 Å². The van der Waals surface area contributed by atoms with Crippen LogP contribution in [-0.2, 0) is 9.53 Å². The van der Waals surface area contributed by atoms with Crippen molar-refractivity contribution in [3.05, 3.63) is 23.8 Å². The molecule has 1 rings (SSSR count). The molecule has 3 N–H and O–H groups in total. The number of hydrogen-bond donors (Lipinski definition) is 2. The van der Waals surface area contributed by atoms with Gasteiger partial charge in [-0.1, -0.05) is 0 Å². The minimum atomic E-state index is -0.537. The van der Waals surface area contributed by atoms with E-state index < -0.39 is 5.92 Å². The minimum absolute atomic E-state index is 0.350. The van der Waals surface area contributed by atoms with Crippen LogP contribution in [0.15, 0.2) is 23.8 Å². The van der Waals surface area contributed by atoms with Crippen LogP contribution in [0.5, 0.6) is 0 Å². The normalized spacial score (nSPS) is 23.2. The van der Waals surface area contributed by atoms with Crippen LogP contribution in [0.1, 0.15) is 0 Å². The van der Waals surface area contributed by atoms with Crippen LogP contribution >= 0.6 is 0 Å². The first kappa shape index (κ1) is 14.2. The summed E-state index contributed by atoms with van der Waals surface area (Å²) >= 11 is 0. The first-order valence-electron chi connectivity index (χ1n) is 5.52. The number of carbonyl (C=O) groups excluding carboxylic acids is 1. The van der Waals surface area contributed by atoms with E-state index in [0.29, 0.717) is 11.4 Å². The second kappa shape index (κ2) is 5.63. The van der Waals surface area contributed by atoms with Crippen LogP contribution in [-0.4, -0.2) is 56.2 Å². The van der Waals surface area contributed by atoms with Gasteiger partial charge in [0, 0.05) is 40.6 Å². The minimum Gasteiger partial charge on any atom is -0.468 e. The number of rotatable bonds is 3. The summed E-state index contributed by atoms with van der Waals surface area (Å²) in [6.45, 7) is 0. The number of hydrogen-bond acceptors (Lipinski definition) is 7. The summed E-state index contributed by atoms with van der Waals surface area (Å²) < 4.78 is 4.83. The summed E-state index contributed by atoms with van der Waals surface area (Å²) in [5.74, 6) is 4.95. The van der Waals surface area contributed by atoms with Crippen molar-refractivity contribution >= 4 is 5.97 Å². The zero-order valence-electron chi connectivity index (χ0n) is 11.5. The molecule has 7 heteroatoms. The van der Waals surface area contributed by atoms with Gasteiger partial charge in [0.1, 0.15) is 5.92 Å². The molecule has 1 saturated heterocycles. The van der Waals surface area contributed by atoms with Crippen molar-refractivity contribution in [3.8, 4) is 0 Å². The van der Waals surface area contributed by atoms with Crippen LogP contribution < -0.4 is 11.3 Å². The maximum Gasteiger partial charge on any atom is 0.321 e. The van der Waals surface area contributed by atoms with Crippen LogP contribution in [0.4, 0.5) is 0 Å². The molecule has 0 bridgehead atoms. The largest absolute Gasteiger partial charge is 0.468 e. The summed E-state index contributed by atoms with van der Waals surface area (Å²) in [6, 6.07) is 0. The van der Waals surface area contributed by atoms with Gasteiger partial charge in [0.25, 0.3) is 0 Å². The Hall–Kier alpha value is -1.89. The molecule has 0 aromatic heterocycles. The molecule has 1 unspecified atom stereocenters. The Kier molecular flexibility index (Phi) is 4.43. The van der Waals surface area contributed by atoms with Gasteiger partial charge in [-0.05, 0) is 0 Å². The number of ether oxygens (including phenoxy) is 1. The van der Waals surface area contributed by atoms with Gasteiger partial charge in [-0.15, -0.1) is 0 Å². The number of nitrogens with zero attached hydrogens (tertiary/aromatic N) is 3. The molecular formula is C11H21N5O2. The molecule has 18 heavy (non-hydrogen) atoms. The first-order chi connectivity index (χ1) is 8.36. The number of nitrogens with one attached hydrogen (secondary N) is 1. The molecule has 1 aliphatic heterocycles. The molecule has 0 saturated carbocycles. The quantitative estimate of drug-likeness (QED) is 0.509. The number of nitrogens with two attached hydrogens (primary N) is 1. The highest BCUT2D eigenvalue weighted by Gasteiger charge is 2.38. The highest BCUT2D eigenvalue weighted by atomic mass is 16.5. The Labute approximate surface area is 107 Å². The van der Waals surface area contributed by atoms with E-state index >= 15 is 0 Å². The number of esters is 1. The third-order valence-corrected chi connectivity index (χ3v) is 2.36. The summed E-state index contributed by atoms with van der Waals surface area (Å²) in [6.07, 6.45) is 3.59. The van der Waals surface area contributed by atoms with Crippen LogP contribution in [0.25, 0.3) is 0 Å². The van der Waals surface area contributed by atoms with Crippen LogP contribution in [0.3, 0.4) is 0 Å². The van der Waals surface area contributed by atoms with Gasteiger partial charge in [-0.3, -0.25) is 10.2 Å². The fourth-order valence-corrected chi connectivity index (χ4v) is 1.72. The van der Waals surface area contributed by atoms with Crippen molar-refractivity contribution in [2.75, 3.05) is 35.3 Å². The molecule has 0 aromatic rings. The van der Waals surface area contributed by atoms with Gasteiger partial charge in [-0.2, -0.15) is 0 Å². The lowest BCUT2D eigenvalue weighted by Gasteiger charge is -2.16. The van der Waals surface area contributed by atoms with E-state index in [9.17, 15) is 4.79 Å². The number of methoxy groups -OCH3 is 1. The fraction of sp³-hybridized carbons (Fsp3) is 0.545. The lowest BCUT2D eigenvalue weighted by atomic mass is 10.0. The van der Waals surface area contributed by atoms with E-state index in [2.05, 4.69) is 5.43 Å². The van der Waals surface area contributed by atoms with Crippen molar-refractivity contribution in [3.63, 3.8) is 0 Å². The highest BCUT2D eigenvalue weighted by Crippen LogP contribution is 2.28. The predicted octanol–water partition coefficient (Wildman–Crippen LogP) is -0.724. The molecule has 1 atom stereocenters. The number of carbonyl (C=O) groups is 1. The van der Waals surface area contributed by atoms with Gasteiger partial charge in [-0.25, -0.2) is 11.0 Å². The fourth-order valence-electron chi connectivity index (χ4n) is 1.72. The summed E-state index contributed by atoms with van der Waals surface area (Å²) in [7, 11) is 8.84. The van der Waals surface area contributed by atoms with E-state index in [1.54, 1.807) is 12.4 Å². The van der Waals surface area contributed by atoms with Crippen molar-refractivity contribution in [2.45, 2.75) is 0 Å². The topological polar surface area (TPSA) is 74.1 Å². The zero-order chi connectivity index (χ0) is 13.9. The maximum atomic E-state index is 11.9. The highest BCUT2D eigenvalue weighted by molar-refractivity contribution is 5.79. The predicted molar refractivity (Wildman–Crippen MR) is 68.2 cm³/mol. The molecular weight excluding hydrogens is 234 g/mol. The Bertz CT molecular complexity index is 376. The Morgan fingerprint density at radius 1 is 1.33 bits per heavy atom. The number of hydrazine groups is 2. The SMILES string of the molecule is COC(=O)C1C(=CN(C)C)NN(N)C1=CN(C)C. The van der Waals surface area contributed by atoms with Crippen LogP contribution in [0, 0.1) is 5.92 Å². The van der Waals surface area contributed by atoms with Gasteiger partial charge < -0.3 is 14.5 Å². The average molecular weight is 255 g/mol. The van der Waals surface area contributed by atoms with Gasteiger partial charge in [0.15, 0.2) is 0 Å². The molecule has 1 heterocycles. The maximum absolute atomic E-state index is 11.9. The summed E-state index contributed by atoms with van der Waals surface area (Å²) in [4.78, 5) is 15.5. The second-order valence-electron chi connectivity index (χ2n) is 4.50. The molecule has 0 spiro atoms. The van der Waals surface area contributed by atoms with E-state index in [4.69, 9.17) is 10.6 Å². The zero-order valence-corrected chi connectivity index (χ0v) is 11.5. The smallest absolute Gasteiger partial charge is 0.321 e. The van der Waals surface area contributed by atoms with Crippen LogP contribution in [0.2, 0.25) is 0 Å². The van der Waals surface area contributed by atoms with Crippen molar-refractivity contribution in [2.24, 2.45) is 11.8 Å². The monoisotopic (exact) mass is 255 g/mol. The lowest BCUT2D eigenvalue weighted by molar-refractivity contribution is -0.142. The molecule has 0 amide bonds. The second-order valence-corrected chi connectivity index (χ2v) is 4.50. The molecule has 102 valence electrons.